The number of nitrogens with zero attached hydrogens (tertiary/aromatic N) is 2. The molecule has 4 aromatic rings. The molecule has 0 atom stereocenters. The van der Waals surface area contributed by atoms with E-state index in [9.17, 15) is 19.2 Å². The fourth-order valence-electron chi connectivity index (χ4n) is 6.79. The van der Waals surface area contributed by atoms with Gasteiger partial charge >= 0.3 is 0 Å². The molecule has 0 unspecified atom stereocenters. The number of hydrogen-bond donors (Lipinski definition) is 2. The van der Waals surface area contributed by atoms with E-state index in [2.05, 4.69) is 34.3 Å². The Kier molecular flexibility index (Phi) is 18.8. The lowest BCUT2D eigenvalue weighted by Crippen LogP contribution is -2.35. The molecule has 2 aliphatic rings. The summed E-state index contributed by atoms with van der Waals surface area (Å²) in [5.74, 6) is 12.3. The summed E-state index contributed by atoms with van der Waals surface area (Å²) >= 11 is 0. The number of nitrogens with one attached hydrogen (secondary N) is 2. The number of carbonyl (C=O) groups excluding carboxylic acids is 4. The average Bonchev–Trinajstić information content (AvgIpc) is 3.29. The van der Waals surface area contributed by atoms with Crippen LogP contribution in [0.4, 0.5) is 11.4 Å². The highest BCUT2D eigenvalue weighted by atomic mass is 16.6. The maximum absolute atomic E-state index is 13.3. The molecule has 4 amide bonds. The summed E-state index contributed by atoms with van der Waals surface area (Å²) in [6, 6.07) is 30.8. The zero-order valence-electron chi connectivity index (χ0n) is 35.5. The van der Waals surface area contributed by atoms with Gasteiger partial charge in [-0.3, -0.25) is 19.2 Å². The van der Waals surface area contributed by atoms with Crippen molar-refractivity contribution in [2.45, 2.75) is 38.8 Å². The van der Waals surface area contributed by atoms with Crippen LogP contribution in [0.15, 0.2) is 97.1 Å². The first-order valence-electron chi connectivity index (χ1n) is 21.4. The van der Waals surface area contributed by atoms with Gasteiger partial charge in [-0.15, -0.1) is 0 Å². The third-order valence-corrected chi connectivity index (χ3v) is 10.1. The van der Waals surface area contributed by atoms with E-state index >= 15 is 0 Å². The Morgan fingerprint density at radius 2 is 0.730 bits per heavy atom. The summed E-state index contributed by atoms with van der Waals surface area (Å²) in [4.78, 5) is 54.8. The van der Waals surface area contributed by atoms with Crippen molar-refractivity contribution in [1.29, 1.82) is 0 Å². The predicted octanol–water partition coefficient (Wildman–Crippen LogP) is 4.76. The zero-order chi connectivity index (χ0) is 43.9. The summed E-state index contributed by atoms with van der Waals surface area (Å²) in [6.45, 7) is 4.77. The first kappa shape index (κ1) is 46.2. The van der Waals surface area contributed by atoms with Crippen LogP contribution in [-0.2, 0) is 56.0 Å². The number of amides is 4. The highest BCUT2D eigenvalue weighted by molar-refractivity contribution is 5.96. The fraction of sp³-hybridized carbons (Fsp3) is 0.360. The van der Waals surface area contributed by atoms with E-state index in [0.717, 1.165) is 44.8 Å². The first-order valence-corrected chi connectivity index (χ1v) is 21.4. The molecule has 0 bridgehead atoms. The number of fused-ring (bicyclic) bond motifs is 4. The number of rotatable bonds is 24. The molecule has 0 aromatic heterocycles. The minimum atomic E-state index is -0.186. The molecule has 13 nitrogen and oxygen atoms in total. The molecule has 6 rings (SSSR count). The molecule has 2 heterocycles. The Morgan fingerprint density at radius 1 is 0.413 bits per heavy atom. The summed E-state index contributed by atoms with van der Waals surface area (Å²) in [7, 11) is 0. The molecule has 0 aliphatic carbocycles. The van der Waals surface area contributed by atoms with Gasteiger partial charge in [0, 0.05) is 61.0 Å². The Hall–Kier alpha value is -6.32. The second-order valence-electron chi connectivity index (χ2n) is 14.6. The lowest BCUT2D eigenvalue weighted by molar-refractivity contribution is -0.124. The highest BCUT2D eigenvalue weighted by Gasteiger charge is 2.22. The molecule has 0 radical (unpaired) electrons. The molecule has 4 aromatic carbocycles. The largest absolute Gasteiger partial charge is 0.379 e. The third kappa shape index (κ3) is 14.9. The SMILES string of the molecule is O=C(CCOCCOCCOCCOCCOCCC(=O)NCCC(=O)N1Cc2ccccc2C#Cc2ccccc21)NCCC(=O)N1Cc2ccccc2C#Cc2ccccc21. The molecule has 63 heavy (non-hydrogen) atoms. The normalized spacial score (nSPS) is 12.3. The van der Waals surface area contributed by atoms with Gasteiger partial charge in [0.15, 0.2) is 0 Å². The average molecular weight is 855 g/mol. The van der Waals surface area contributed by atoms with Gasteiger partial charge in [0.25, 0.3) is 0 Å². The smallest absolute Gasteiger partial charge is 0.229 e. The van der Waals surface area contributed by atoms with Crippen molar-refractivity contribution in [3.05, 3.63) is 130 Å². The van der Waals surface area contributed by atoms with Crippen LogP contribution in [0.3, 0.4) is 0 Å². The van der Waals surface area contributed by atoms with Crippen molar-refractivity contribution in [1.82, 2.24) is 10.6 Å². The standard InChI is InChI=1S/C50H54N4O9/c55-47(51-25-21-49(57)53-37-43-13-3-1-9-39(43)17-19-41-11-5-7-15-45(41)53)23-27-59-29-31-61-33-35-63-36-34-62-32-30-60-28-24-48(56)52-26-22-50(58)54-38-44-14-4-2-10-40(44)18-20-42-12-6-8-16-46(42)54/h1-16H,21-38H2,(H,51,55)(H,52,56). The van der Waals surface area contributed by atoms with Crippen LogP contribution < -0.4 is 20.4 Å². The number of ether oxygens (including phenoxy) is 5. The monoisotopic (exact) mass is 854 g/mol. The Morgan fingerprint density at radius 3 is 1.13 bits per heavy atom. The highest BCUT2D eigenvalue weighted by Crippen LogP contribution is 2.27. The van der Waals surface area contributed by atoms with Crippen molar-refractivity contribution in [3.8, 4) is 23.7 Å². The number of carbonyl (C=O) groups is 4. The lowest BCUT2D eigenvalue weighted by Gasteiger charge is -2.26. The van der Waals surface area contributed by atoms with Gasteiger partial charge in [0.2, 0.25) is 23.6 Å². The number of para-hydroxylation sites is 2. The summed E-state index contributed by atoms with van der Waals surface area (Å²) in [5.41, 5.74) is 6.86. The van der Waals surface area contributed by atoms with Crippen molar-refractivity contribution >= 4 is 35.0 Å². The molecule has 328 valence electrons. The van der Waals surface area contributed by atoms with Crippen molar-refractivity contribution < 1.29 is 42.9 Å². The number of hydrogen-bond acceptors (Lipinski definition) is 9. The van der Waals surface area contributed by atoms with Crippen LogP contribution in [0.2, 0.25) is 0 Å². The van der Waals surface area contributed by atoms with Gasteiger partial charge in [0.05, 0.1) is 90.5 Å². The summed E-state index contributed by atoms with van der Waals surface area (Å²) < 4.78 is 27.6. The predicted molar refractivity (Wildman–Crippen MR) is 239 cm³/mol. The van der Waals surface area contributed by atoms with E-state index in [1.54, 1.807) is 9.80 Å². The number of benzene rings is 4. The van der Waals surface area contributed by atoms with Crippen LogP contribution in [-0.4, -0.2) is 103 Å². The van der Waals surface area contributed by atoms with Gasteiger partial charge in [-0.25, -0.2) is 0 Å². The van der Waals surface area contributed by atoms with Crippen LogP contribution in [0.5, 0.6) is 0 Å². The second kappa shape index (κ2) is 25.6. The molecule has 0 saturated carbocycles. The van der Waals surface area contributed by atoms with Gasteiger partial charge in [-0.2, -0.15) is 0 Å². The lowest BCUT2D eigenvalue weighted by atomic mass is 10.0. The van der Waals surface area contributed by atoms with Crippen LogP contribution in [0.1, 0.15) is 59.1 Å². The molecule has 0 spiro atoms. The summed E-state index contributed by atoms with van der Waals surface area (Å²) in [6.07, 6.45) is 0.679. The van der Waals surface area contributed by atoms with Crippen LogP contribution in [0.25, 0.3) is 0 Å². The van der Waals surface area contributed by atoms with E-state index in [1.807, 2.05) is 97.1 Å². The zero-order valence-corrected chi connectivity index (χ0v) is 35.5. The number of anilines is 2. The molecular formula is C50H54N4O9. The molecule has 0 fully saturated rings. The minimum absolute atomic E-state index is 0.0921. The second-order valence-corrected chi connectivity index (χ2v) is 14.6. The summed E-state index contributed by atoms with van der Waals surface area (Å²) in [5, 5.41) is 5.63. The van der Waals surface area contributed by atoms with E-state index in [4.69, 9.17) is 23.7 Å². The Bertz CT molecular complexity index is 2130. The van der Waals surface area contributed by atoms with Gasteiger partial charge < -0.3 is 44.1 Å². The van der Waals surface area contributed by atoms with E-state index < -0.39 is 0 Å². The Balaban J connectivity index is 0.708. The molecular weight excluding hydrogens is 801 g/mol. The molecule has 13 heteroatoms. The van der Waals surface area contributed by atoms with Gasteiger partial charge in [0.1, 0.15) is 0 Å². The maximum Gasteiger partial charge on any atom is 0.229 e. The topological polar surface area (TPSA) is 145 Å². The third-order valence-electron chi connectivity index (χ3n) is 10.1. The van der Waals surface area contributed by atoms with Crippen molar-refractivity contribution in [3.63, 3.8) is 0 Å². The first-order chi connectivity index (χ1) is 31.0. The van der Waals surface area contributed by atoms with Crippen LogP contribution in [0, 0.1) is 23.7 Å². The van der Waals surface area contributed by atoms with Gasteiger partial charge in [-0.1, -0.05) is 84.3 Å². The maximum atomic E-state index is 13.3. The van der Waals surface area contributed by atoms with Gasteiger partial charge in [-0.05, 0) is 47.5 Å². The van der Waals surface area contributed by atoms with E-state index in [-0.39, 0.29) is 75.6 Å². The molecule has 2 aliphatic heterocycles. The minimum Gasteiger partial charge on any atom is -0.379 e. The van der Waals surface area contributed by atoms with E-state index in [0.29, 0.717) is 65.9 Å². The quantitative estimate of drug-likeness (QED) is 0.0754. The van der Waals surface area contributed by atoms with E-state index in [1.165, 1.54) is 0 Å². The van der Waals surface area contributed by atoms with Crippen LogP contribution >= 0.6 is 0 Å². The van der Waals surface area contributed by atoms with Crippen molar-refractivity contribution in [2.24, 2.45) is 0 Å². The molecule has 0 saturated heterocycles. The molecule has 2 N–H and O–H groups in total. The Labute approximate surface area is 369 Å². The van der Waals surface area contributed by atoms with Crippen molar-refractivity contribution in [2.75, 3.05) is 89.0 Å². The fourth-order valence-corrected chi connectivity index (χ4v) is 6.79.